The topological polar surface area (TPSA) is 57.8 Å². The van der Waals surface area contributed by atoms with Gasteiger partial charge in [-0.3, -0.25) is 4.79 Å². The number of aromatic nitrogens is 2. The number of amides is 1. The maximum Gasteiger partial charge on any atom is 0.255 e. The molecule has 0 radical (unpaired) electrons. The third-order valence-corrected chi connectivity index (χ3v) is 5.06. The molecule has 2 aromatic heterocycles. The minimum atomic E-state index is -0.787. The Morgan fingerprint density at radius 2 is 1.96 bits per heavy atom. The van der Waals surface area contributed by atoms with Crippen molar-refractivity contribution in [1.82, 2.24) is 14.3 Å². The van der Waals surface area contributed by atoms with Crippen molar-refractivity contribution < 1.29 is 9.90 Å². The highest BCUT2D eigenvalue weighted by Gasteiger charge is 2.20. The highest BCUT2D eigenvalue weighted by atomic mass is 16.3. The first kappa shape index (κ1) is 16.8. The number of imidazole rings is 1. The zero-order chi connectivity index (χ0) is 18.1. The Bertz CT molecular complexity index is 941. The van der Waals surface area contributed by atoms with Crippen molar-refractivity contribution in [3.63, 3.8) is 0 Å². The molecule has 1 aliphatic rings. The molecule has 1 atom stereocenters. The molecule has 134 valence electrons. The number of hydrogen-bond donors (Lipinski definition) is 1. The van der Waals surface area contributed by atoms with Crippen molar-refractivity contribution in [3.05, 3.63) is 71.2 Å². The minimum Gasteiger partial charge on any atom is -0.382 e. The van der Waals surface area contributed by atoms with Gasteiger partial charge in [-0.05, 0) is 43.9 Å². The predicted molar refractivity (Wildman–Crippen MR) is 100 cm³/mol. The molecule has 3 aromatic rings. The molecule has 0 bridgehead atoms. The summed E-state index contributed by atoms with van der Waals surface area (Å²) in [5, 5.41) is 10.8. The van der Waals surface area contributed by atoms with E-state index in [2.05, 4.69) is 4.98 Å². The zero-order valence-corrected chi connectivity index (χ0v) is 14.9. The van der Waals surface area contributed by atoms with Gasteiger partial charge in [-0.25, -0.2) is 4.98 Å². The number of pyridine rings is 1. The number of likely N-dealkylation sites (tertiary alicyclic amines) is 1. The SMILES string of the molecule is Cc1cccc(C(O)c2cnc3ccc(C(=O)N4CCCCC4)cn23)c1. The summed E-state index contributed by atoms with van der Waals surface area (Å²) >= 11 is 0. The van der Waals surface area contributed by atoms with Gasteiger partial charge in [0.05, 0.1) is 17.5 Å². The largest absolute Gasteiger partial charge is 0.382 e. The van der Waals surface area contributed by atoms with Crippen molar-refractivity contribution in [2.24, 2.45) is 0 Å². The summed E-state index contributed by atoms with van der Waals surface area (Å²) in [6.45, 7) is 3.64. The molecule has 3 heterocycles. The van der Waals surface area contributed by atoms with Crippen LogP contribution in [0.3, 0.4) is 0 Å². The van der Waals surface area contributed by atoms with E-state index in [1.165, 1.54) is 6.42 Å². The van der Waals surface area contributed by atoms with Gasteiger partial charge in [-0.1, -0.05) is 29.8 Å². The third kappa shape index (κ3) is 3.10. The normalized spacial score (nSPS) is 16.0. The maximum absolute atomic E-state index is 12.8. The molecule has 5 heteroatoms. The van der Waals surface area contributed by atoms with E-state index < -0.39 is 6.10 Å². The number of hydrogen-bond acceptors (Lipinski definition) is 3. The summed E-state index contributed by atoms with van der Waals surface area (Å²) in [4.78, 5) is 19.1. The lowest BCUT2D eigenvalue weighted by atomic mass is 10.0. The molecule has 1 amide bonds. The number of aliphatic hydroxyl groups is 1. The van der Waals surface area contributed by atoms with Crippen LogP contribution < -0.4 is 0 Å². The first-order valence-electron chi connectivity index (χ1n) is 9.14. The van der Waals surface area contributed by atoms with E-state index in [4.69, 9.17) is 0 Å². The van der Waals surface area contributed by atoms with Crippen LogP contribution in [0.25, 0.3) is 5.65 Å². The molecule has 5 nitrogen and oxygen atoms in total. The number of piperidine rings is 1. The van der Waals surface area contributed by atoms with Gasteiger partial charge in [0, 0.05) is 19.3 Å². The van der Waals surface area contributed by atoms with Crippen LogP contribution in [0, 0.1) is 6.92 Å². The number of carbonyl (C=O) groups excluding carboxylic acids is 1. The van der Waals surface area contributed by atoms with Gasteiger partial charge in [-0.15, -0.1) is 0 Å². The summed E-state index contributed by atoms with van der Waals surface area (Å²) in [7, 11) is 0. The molecule has 0 spiro atoms. The predicted octanol–water partition coefficient (Wildman–Crippen LogP) is 3.35. The van der Waals surface area contributed by atoms with Crippen molar-refractivity contribution >= 4 is 11.6 Å². The fraction of sp³-hybridized carbons (Fsp3) is 0.333. The van der Waals surface area contributed by atoms with E-state index in [1.807, 2.05) is 52.6 Å². The number of fused-ring (bicyclic) bond motifs is 1. The summed E-state index contributed by atoms with van der Waals surface area (Å²) in [6.07, 6.45) is 6.01. The Labute approximate surface area is 152 Å². The maximum atomic E-state index is 12.8. The van der Waals surface area contributed by atoms with Gasteiger partial charge in [0.1, 0.15) is 11.8 Å². The average molecular weight is 349 g/mol. The highest BCUT2D eigenvalue weighted by Crippen LogP contribution is 2.24. The number of rotatable bonds is 3. The molecule has 1 unspecified atom stereocenters. The van der Waals surface area contributed by atoms with Gasteiger partial charge >= 0.3 is 0 Å². The third-order valence-electron chi connectivity index (χ3n) is 5.06. The summed E-state index contributed by atoms with van der Waals surface area (Å²) in [6, 6.07) is 11.5. The number of aliphatic hydroxyl groups excluding tert-OH is 1. The molecule has 4 rings (SSSR count). The number of nitrogens with zero attached hydrogens (tertiary/aromatic N) is 3. The summed E-state index contributed by atoms with van der Waals surface area (Å²) in [5.41, 5.74) is 3.94. The van der Waals surface area contributed by atoms with E-state index in [0.29, 0.717) is 11.3 Å². The van der Waals surface area contributed by atoms with Crippen molar-refractivity contribution in [3.8, 4) is 0 Å². The molecule has 1 saturated heterocycles. The first-order chi connectivity index (χ1) is 12.6. The molecule has 1 N–H and O–H groups in total. The van der Waals surface area contributed by atoms with Gasteiger partial charge in [0.15, 0.2) is 0 Å². The van der Waals surface area contributed by atoms with E-state index >= 15 is 0 Å². The van der Waals surface area contributed by atoms with Gasteiger partial charge in [0.2, 0.25) is 0 Å². The second-order valence-electron chi connectivity index (χ2n) is 7.00. The lowest BCUT2D eigenvalue weighted by molar-refractivity contribution is 0.0723. The van der Waals surface area contributed by atoms with Gasteiger partial charge in [0.25, 0.3) is 5.91 Å². The Kier molecular flexibility index (Phi) is 4.47. The second-order valence-corrected chi connectivity index (χ2v) is 7.00. The fourth-order valence-electron chi connectivity index (χ4n) is 3.62. The monoisotopic (exact) mass is 349 g/mol. The van der Waals surface area contributed by atoms with Crippen LogP contribution in [0.15, 0.2) is 48.8 Å². The van der Waals surface area contributed by atoms with Crippen LogP contribution in [0.5, 0.6) is 0 Å². The smallest absolute Gasteiger partial charge is 0.255 e. The molecule has 0 aliphatic carbocycles. The zero-order valence-electron chi connectivity index (χ0n) is 14.9. The van der Waals surface area contributed by atoms with Crippen molar-refractivity contribution in [1.29, 1.82) is 0 Å². The fourth-order valence-corrected chi connectivity index (χ4v) is 3.62. The Balaban J connectivity index is 1.69. The standard InChI is InChI=1S/C21H23N3O2/c1-15-6-5-7-16(12-15)20(25)18-13-22-19-9-8-17(14-24(18)19)21(26)23-10-3-2-4-11-23/h5-9,12-14,20,25H,2-4,10-11H2,1H3. The highest BCUT2D eigenvalue weighted by molar-refractivity contribution is 5.94. The molecular weight excluding hydrogens is 326 g/mol. The second kappa shape index (κ2) is 6.92. The molecular formula is C21H23N3O2. The van der Waals surface area contributed by atoms with E-state index in [1.54, 1.807) is 12.4 Å². The summed E-state index contributed by atoms with van der Waals surface area (Å²) in [5.74, 6) is 0.0521. The quantitative estimate of drug-likeness (QED) is 0.789. The van der Waals surface area contributed by atoms with Crippen molar-refractivity contribution in [2.45, 2.75) is 32.3 Å². The van der Waals surface area contributed by atoms with Crippen LogP contribution in [-0.4, -0.2) is 38.4 Å². The Morgan fingerprint density at radius 3 is 2.73 bits per heavy atom. The lowest BCUT2D eigenvalue weighted by Crippen LogP contribution is -2.35. The molecule has 1 aromatic carbocycles. The molecule has 26 heavy (non-hydrogen) atoms. The molecule has 0 saturated carbocycles. The van der Waals surface area contributed by atoms with E-state index in [0.717, 1.165) is 42.7 Å². The van der Waals surface area contributed by atoms with E-state index in [9.17, 15) is 9.90 Å². The van der Waals surface area contributed by atoms with Crippen LogP contribution in [0.2, 0.25) is 0 Å². The summed E-state index contributed by atoms with van der Waals surface area (Å²) < 4.78 is 1.82. The molecule has 1 fully saturated rings. The molecule has 1 aliphatic heterocycles. The van der Waals surface area contributed by atoms with Crippen LogP contribution in [-0.2, 0) is 0 Å². The minimum absolute atomic E-state index is 0.0521. The first-order valence-corrected chi connectivity index (χ1v) is 9.14. The Hall–Kier alpha value is -2.66. The van der Waals surface area contributed by atoms with E-state index in [-0.39, 0.29) is 5.91 Å². The van der Waals surface area contributed by atoms with Gasteiger partial charge in [-0.2, -0.15) is 0 Å². The number of aryl methyl sites for hydroxylation is 1. The van der Waals surface area contributed by atoms with Gasteiger partial charge < -0.3 is 14.4 Å². The number of benzene rings is 1. The van der Waals surface area contributed by atoms with Crippen LogP contribution in [0.1, 0.15) is 52.5 Å². The number of carbonyl (C=O) groups is 1. The Morgan fingerprint density at radius 1 is 1.15 bits per heavy atom. The lowest BCUT2D eigenvalue weighted by Gasteiger charge is -2.26. The van der Waals surface area contributed by atoms with Crippen LogP contribution >= 0.6 is 0 Å². The van der Waals surface area contributed by atoms with Crippen LogP contribution in [0.4, 0.5) is 0 Å². The average Bonchev–Trinajstić information content (AvgIpc) is 3.10. The van der Waals surface area contributed by atoms with Crippen molar-refractivity contribution in [2.75, 3.05) is 13.1 Å².